The van der Waals surface area contributed by atoms with E-state index >= 15 is 0 Å². The number of hydrogen-bond acceptors (Lipinski definition) is 5. The molecule has 0 saturated carbocycles. The number of nitrogens with zero attached hydrogens (tertiary/aromatic N) is 4. The van der Waals surface area contributed by atoms with Crippen LogP contribution in [0, 0.1) is 11.3 Å². The molecule has 0 fully saturated rings. The number of aryl methyl sites for hydroxylation is 1. The Morgan fingerprint density at radius 3 is 2.94 bits per heavy atom. The highest BCUT2D eigenvalue weighted by Crippen LogP contribution is 2.28. The first kappa shape index (κ1) is 10.5. The zero-order valence-electron chi connectivity index (χ0n) is 8.58. The van der Waals surface area contributed by atoms with Gasteiger partial charge in [0.25, 0.3) is 0 Å². The minimum atomic E-state index is 0.480. The minimum Gasteiger partial charge on any atom is -0.397 e. The van der Waals surface area contributed by atoms with Crippen molar-refractivity contribution in [3.05, 3.63) is 30.2 Å². The number of hydrogen-bond donors (Lipinski definition) is 1. The molecule has 2 heterocycles. The second-order valence-electron chi connectivity index (χ2n) is 3.18. The fourth-order valence-electron chi connectivity index (χ4n) is 1.19. The summed E-state index contributed by atoms with van der Waals surface area (Å²) in [5, 5.41) is 13.6. The van der Waals surface area contributed by atoms with E-state index in [9.17, 15) is 0 Å². The molecule has 16 heavy (non-hydrogen) atoms. The van der Waals surface area contributed by atoms with Gasteiger partial charge >= 0.3 is 0 Å². The Bertz CT molecular complexity index is 555. The van der Waals surface area contributed by atoms with Gasteiger partial charge in [0.1, 0.15) is 11.1 Å². The fraction of sp³-hybridized carbons (Fsp3) is 0.100. The zero-order chi connectivity index (χ0) is 11.5. The van der Waals surface area contributed by atoms with Gasteiger partial charge in [0.15, 0.2) is 0 Å². The highest BCUT2D eigenvalue weighted by Gasteiger charge is 2.07. The zero-order valence-corrected chi connectivity index (χ0v) is 9.40. The van der Waals surface area contributed by atoms with Gasteiger partial charge in [0.2, 0.25) is 0 Å². The van der Waals surface area contributed by atoms with E-state index < -0.39 is 0 Å². The van der Waals surface area contributed by atoms with Crippen molar-refractivity contribution in [3.63, 3.8) is 0 Å². The summed E-state index contributed by atoms with van der Waals surface area (Å²) in [6.07, 6.45) is 5.13. The minimum absolute atomic E-state index is 0.480. The predicted octanol–water partition coefficient (Wildman–Crippen LogP) is 1.42. The second kappa shape index (κ2) is 4.24. The van der Waals surface area contributed by atoms with Gasteiger partial charge in [-0.2, -0.15) is 10.4 Å². The van der Waals surface area contributed by atoms with Crippen molar-refractivity contribution < 1.29 is 0 Å². The molecule has 80 valence electrons. The monoisotopic (exact) mass is 231 g/mol. The lowest BCUT2D eigenvalue weighted by atomic mass is 10.3. The molecule has 0 spiro atoms. The molecule has 0 aliphatic heterocycles. The summed E-state index contributed by atoms with van der Waals surface area (Å²) in [5.41, 5.74) is 6.53. The van der Waals surface area contributed by atoms with Crippen molar-refractivity contribution in [2.45, 2.75) is 9.92 Å². The number of anilines is 1. The second-order valence-corrected chi connectivity index (χ2v) is 4.25. The molecule has 2 aromatic rings. The number of aromatic nitrogens is 3. The van der Waals surface area contributed by atoms with Gasteiger partial charge in [-0.05, 0) is 6.07 Å². The molecule has 0 saturated heterocycles. The average molecular weight is 231 g/mol. The van der Waals surface area contributed by atoms with Gasteiger partial charge in [-0.3, -0.25) is 4.68 Å². The van der Waals surface area contributed by atoms with Gasteiger partial charge in [-0.15, -0.1) is 0 Å². The van der Waals surface area contributed by atoms with Crippen molar-refractivity contribution in [2.24, 2.45) is 7.05 Å². The summed E-state index contributed by atoms with van der Waals surface area (Å²) >= 11 is 1.40. The van der Waals surface area contributed by atoms with Crippen molar-refractivity contribution >= 4 is 17.4 Å². The average Bonchev–Trinajstić information content (AvgIpc) is 2.67. The third-order valence-corrected chi connectivity index (χ3v) is 2.85. The van der Waals surface area contributed by atoms with Gasteiger partial charge in [-0.25, -0.2) is 4.98 Å². The molecule has 0 aliphatic rings. The van der Waals surface area contributed by atoms with E-state index in [1.54, 1.807) is 23.1 Å². The number of nitrogen functional groups attached to an aromatic ring is 1. The van der Waals surface area contributed by atoms with Gasteiger partial charge in [-0.1, -0.05) is 11.8 Å². The third kappa shape index (κ3) is 2.15. The first-order chi connectivity index (χ1) is 7.69. The largest absolute Gasteiger partial charge is 0.397 e. The standard InChI is InChI=1S/C10H9N5S/c1-15-6-9(5-14-15)16-10-7(3-11)2-8(12)4-13-10/h2,4-6H,12H2,1H3. The van der Waals surface area contributed by atoms with E-state index in [0.717, 1.165) is 4.90 Å². The van der Waals surface area contributed by atoms with Crippen LogP contribution in [-0.4, -0.2) is 14.8 Å². The molecule has 2 aromatic heterocycles. The molecule has 6 heteroatoms. The topological polar surface area (TPSA) is 80.5 Å². The molecule has 0 radical (unpaired) electrons. The van der Waals surface area contributed by atoms with Crippen LogP contribution in [-0.2, 0) is 7.05 Å². The Kier molecular flexibility index (Phi) is 2.79. The van der Waals surface area contributed by atoms with Crippen molar-refractivity contribution in [1.29, 1.82) is 5.26 Å². The number of pyridine rings is 1. The maximum atomic E-state index is 8.95. The molecular weight excluding hydrogens is 222 g/mol. The number of nitriles is 1. The Morgan fingerprint density at radius 1 is 1.50 bits per heavy atom. The molecule has 0 amide bonds. The Labute approximate surface area is 96.9 Å². The van der Waals surface area contributed by atoms with Crippen LogP contribution >= 0.6 is 11.8 Å². The Morgan fingerprint density at radius 2 is 2.31 bits per heavy atom. The normalized spacial score (nSPS) is 10.0. The molecule has 0 atom stereocenters. The third-order valence-electron chi connectivity index (χ3n) is 1.89. The molecule has 2 rings (SSSR count). The van der Waals surface area contributed by atoms with Gasteiger partial charge in [0.05, 0.1) is 28.5 Å². The number of nitrogens with two attached hydrogens (primary N) is 1. The molecule has 0 bridgehead atoms. The van der Waals surface area contributed by atoms with Crippen LogP contribution in [0.1, 0.15) is 5.56 Å². The van der Waals surface area contributed by atoms with Crippen LogP contribution in [0.5, 0.6) is 0 Å². The van der Waals surface area contributed by atoms with Gasteiger partial charge in [0, 0.05) is 13.2 Å². The molecule has 2 N–H and O–H groups in total. The lowest BCUT2D eigenvalue weighted by molar-refractivity contribution is 0.766. The molecule has 5 nitrogen and oxygen atoms in total. The molecule has 0 aromatic carbocycles. The summed E-state index contributed by atoms with van der Waals surface area (Å²) < 4.78 is 1.70. The summed E-state index contributed by atoms with van der Waals surface area (Å²) in [6.45, 7) is 0. The van der Waals surface area contributed by atoms with Crippen molar-refractivity contribution in [1.82, 2.24) is 14.8 Å². The van der Waals surface area contributed by atoms with Crippen LogP contribution in [0.15, 0.2) is 34.6 Å². The lowest BCUT2D eigenvalue weighted by Gasteiger charge is -2.01. The van der Waals surface area contributed by atoms with E-state index in [2.05, 4.69) is 16.2 Å². The van der Waals surface area contributed by atoms with E-state index in [0.29, 0.717) is 16.3 Å². The van der Waals surface area contributed by atoms with E-state index in [1.807, 2.05) is 13.2 Å². The quantitative estimate of drug-likeness (QED) is 0.845. The molecule has 0 aliphatic carbocycles. The Balaban J connectivity index is 2.31. The van der Waals surface area contributed by atoms with Crippen LogP contribution < -0.4 is 5.73 Å². The van der Waals surface area contributed by atoms with E-state index in [4.69, 9.17) is 11.0 Å². The highest BCUT2D eigenvalue weighted by atomic mass is 32.2. The predicted molar refractivity (Wildman–Crippen MR) is 60.7 cm³/mol. The fourth-order valence-corrected chi connectivity index (χ4v) is 2.04. The molecule has 0 unspecified atom stereocenters. The molecular formula is C10H9N5S. The number of rotatable bonds is 2. The highest BCUT2D eigenvalue weighted by molar-refractivity contribution is 7.99. The maximum absolute atomic E-state index is 8.95. The lowest BCUT2D eigenvalue weighted by Crippen LogP contribution is -1.91. The Hall–Kier alpha value is -2.00. The van der Waals surface area contributed by atoms with Crippen molar-refractivity contribution in [2.75, 3.05) is 5.73 Å². The summed E-state index contributed by atoms with van der Waals surface area (Å²) in [6, 6.07) is 3.69. The van der Waals surface area contributed by atoms with Crippen molar-refractivity contribution in [3.8, 4) is 6.07 Å². The first-order valence-electron chi connectivity index (χ1n) is 4.51. The summed E-state index contributed by atoms with van der Waals surface area (Å²) in [5.74, 6) is 0. The smallest absolute Gasteiger partial charge is 0.119 e. The van der Waals surface area contributed by atoms with Gasteiger partial charge < -0.3 is 5.73 Å². The SMILES string of the molecule is Cn1cc(Sc2ncc(N)cc2C#N)cn1. The van der Waals surface area contributed by atoms with Crippen LogP contribution in [0.25, 0.3) is 0 Å². The van der Waals surface area contributed by atoms with Crippen LogP contribution in [0.3, 0.4) is 0 Å². The summed E-state index contributed by atoms with van der Waals surface area (Å²) in [4.78, 5) is 5.07. The van der Waals surface area contributed by atoms with E-state index in [-0.39, 0.29) is 0 Å². The van der Waals surface area contributed by atoms with Crippen LogP contribution in [0.2, 0.25) is 0 Å². The summed E-state index contributed by atoms with van der Waals surface area (Å²) in [7, 11) is 1.84. The van der Waals surface area contributed by atoms with E-state index in [1.165, 1.54) is 11.8 Å². The van der Waals surface area contributed by atoms with Crippen LogP contribution in [0.4, 0.5) is 5.69 Å². The first-order valence-corrected chi connectivity index (χ1v) is 5.33. The maximum Gasteiger partial charge on any atom is 0.119 e.